The third kappa shape index (κ3) is 7.04. The molecule has 9 nitrogen and oxygen atoms in total. The number of amides is 3. The van der Waals surface area contributed by atoms with E-state index in [4.69, 9.17) is 9.63 Å². The van der Waals surface area contributed by atoms with Gasteiger partial charge >= 0.3 is 12.0 Å². The molecule has 0 aliphatic heterocycles. The van der Waals surface area contributed by atoms with Crippen LogP contribution in [0.4, 0.5) is 4.79 Å². The van der Waals surface area contributed by atoms with Crippen LogP contribution in [0.25, 0.3) is 0 Å². The predicted molar refractivity (Wildman–Crippen MR) is 70.3 cm³/mol. The van der Waals surface area contributed by atoms with E-state index in [1.807, 2.05) is 0 Å². The molecule has 21 heavy (non-hydrogen) atoms. The van der Waals surface area contributed by atoms with Gasteiger partial charge in [-0.1, -0.05) is 12.1 Å². The van der Waals surface area contributed by atoms with Crippen molar-refractivity contribution in [1.29, 1.82) is 0 Å². The molecule has 1 heterocycles. The normalized spacial score (nSPS) is 11.7. The second-order valence-corrected chi connectivity index (χ2v) is 4.70. The molecule has 3 amide bonds. The van der Waals surface area contributed by atoms with Crippen LogP contribution in [0.15, 0.2) is 4.52 Å². The van der Waals surface area contributed by atoms with Crippen molar-refractivity contribution in [3.63, 3.8) is 0 Å². The van der Waals surface area contributed by atoms with Crippen LogP contribution in [0.2, 0.25) is 0 Å². The Kier molecular flexibility index (Phi) is 6.31. The lowest BCUT2D eigenvalue weighted by atomic mass is 10.0. The van der Waals surface area contributed by atoms with E-state index in [1.54, 1.807) is 13.8 Å². The molecule has 0 aromatic carbocycles. The monoisotopic (exact) mass is 298 g/mol. The maximum atomic E-state index is 11.5. The van der Waals surface area contributed by atoms with Gasteiger partial charge in [-0.15, -0.1) is 0 Å². The number of carboxylic acid groups (broad SMARTS) is 1. The van der Waals surface area contributed by atoms with Crippen molar-refractivity contribution in [2.75, 3.05) is 6.54 Å². The molecule has 1 atom stereocenters. The Morgan fingerprint density at radius 1 is 1.33 bits per heavy atom. The second kappa shape index (κ2) is 7.98. The summed E-state index contributed by atoms with van der Waals surface area (Å²) < 4.78 is 4.86. The minimum atomic E-state index is -0.977. The number of urea groups is 1. The lowest BCUT2D eigenvalue weighted by molar-refractivity contribution is -0.138. The highest BCUT2D eigenvalue weighted by Gasteiger charge is 2.14. The molecule has 0 bridgehead atoms. The first-order valence-corrected chi connectivity index (χ1v) is 6.45. The lowest BCUT2D eigenvalue weighted by Gasteiger charge is -2.09. The van der Waals surface area contributed by atoms with Gasteiger partial charge in [-0.05, 0) is 12.8 Å². The van der Waals surface area contributed by atoms with Crippen molar-refractivity contribution in [3.8, 4) is 0 Å². The maximum Gasteiger partial charge on any atom is 0.321 e. The Bertz CT molecular complexity index is 514. The third-order valence-corrected chi connectivity index (χ3v) is 2.50. The number of imide groups is 1. The number of nitrogens with zero attached hydrogens (tertiary/aromatic N) is 2. The lowest BCUT2D eigenvalue weighted by Crippen LogP contribution is -2.40. The topological polar surface area (TPSA) is 134 Å². The Morgan fingerprint density at radius 3 is 2.62 bits per heavy atom. The van der Waals surface area contributed by atoms with Gasteiger partial charge < -0.3 is 14.9 Å². The molecule has 3 N–H and O–H groups in total. The SMILES string of the molecule is Cc1noc(CCNC(=O)NC(=O)CC(C)CC(=O)O)n1. The molecular formula is C12H18N4O5. The molecule has 0 fully saturated rings. The fraction of sp³-hybridized carbons (Fsp3) is 0.583. The number of hydrogen-bond acceptors (Lipinski definition) is 6. The van der Waals surface area contributed by atoms with Gasteiger partial charge in [0.1, 0.15) is 0 Å². The van der Waals surface area contributed by atoms with Gasteiger partial charge in [-0.2, -0.15) is 4.98 Å². The van der Waals surface area contributed by atoms with Crippen molar-refractivity contribution < 1.29 is 24.0 Å². The fourth-order valence-corrected chi connectivity index (χ4v) is 1.63. The van der Waals surface area contributed by atoms with Crippen molar-refractivity contribution >= 4 is 17.9 Å². The van der Waals surface area contributed by atoms with Crippen molar-refractivity contribution in [2.24, 2.45) is 5.92 Å². The Hall–Kier alpha value is -2.45. The average molecular weight is 298 g/mol. The quantitative estimate of drug-likeness (QED) is 0.656. The number of aromatic nitrogens is 2. The summed E-state index contributed by atoms with van der Waals surface area (Å²) in [5.74, 6) is -0.924. The summed E-state index contributed by atoms with van der Waals surface area (Å²) >= 11 is 0. The smallest absolute Gasteiger partial charge is 0.321 e. The molecule has 0 saturated heterocycles. The first-order chi connectivity index (χ1) is 9.86. The zero-order valence-corrected chi connectivity index (χ0v) is 11.9. The summed E-state index contributed by atoms with van der Waals surface area (Å²) in [6.07, 6.45) is 0.214. The maximum absolute atomic E-state index is 11.5. The van der Waals surface area contributed by atoms with Crippen LogP contribution >= 0.6 is 0 Å². The van der Waals surface area contributed by atoms with E-state index >= 15 is 0 Å². The third-order valence-electron chi connectivity index (χ3n) is 2.50. The summed E-state index contributed by atoms with van der Waals surface area (Å²) in [5, 5.41) is 16.8. The van der Waals surface area contributed by atoms with Gasteiger partial charge in [0.25, 0.3) is 0 Å². The molecule has 0 saturated carbocycles. The molecule has 1 unspecified atom stereocenters. The average Bonchev–Trinajstić information content (AvgIpc) is 2.73. The van der Waals surface area contributed by atoms with Gasteiger partial charge in [-0.3, -0.25) is 14.9 Å². The van der Waals surface area contributed by atoms with Gasteiger partial charge in [0.05, 0.1) is 0 Å². The van der Waals surface area contributed by atoms with Crippen molar-refractivity contribution in [2.45, 2.75) is 33.1 Å². The minimum absolute atomic E-state index is 0.0252. The number of carbonyl (C=O) groups is 3. The molecule has 9 heteroatoms. The summed E-state index contributed by atoms with van der Waals surface area (Å²) in [6.45, 7) is 3.55. The van der Waals surface area contributed by atoms with E-state index in [1.165, 1.54) is 0 Å². The summed E-state index contributed by atoms with van der Waals surface area (Å²) in [7, 11) is 0. The number of carboxylic acids is 1. The summed E-state index contributed by atoms with van der Waals surface area (Å²) in [6, 6.07) is -0.640. The Morgan fingerprint density at radius 2 is 2.05 bits per heavy atom. The molecule has 1 rings (SSSR count). The van der Waals surface area contributed by atoms with Crippen molar-refractivity contribution in [1.82, 2.24) is 20.8 Å². The number of aryl methyl sites for hydroxylation is 1. The first-order valence-electron chi connectivity index (χ1n) is 6.45. The van der Waals surface area contributed by atoms with Crippen LogP contribution in [-0.4, -0.2) is 39.7 Å². The van der Waals surface area contributed by atoms with Crippen LogP contribution < -0.4 is 10.6 Å². The van der Waals surface area contributed by atoms with Gasteiger partial charge in [0, 0.05) is 25.8 Å². The van der Waals surface area contributed by atoms with Crippen LogP contribution in [0, 0.1) is 12.8 Å². The summed E-state index contributed by atoms with van der Waals surface area (Å²) in [5.41, 5.74) is 0. The van der Waals surface area contributed by atoms with E-state index in [-0.39, 0.29) is 25.3 Å². The zero-order valence-electron chi connectivity index (χ0n) is 11.9. The van der Waals surface area contributed by atoms with E-state index in [0.717, 1.165) is 0 Å². The highest BCUT2D eigenvalue weighted by Crippen LogP contribution is 2.06. The predicted octanol–water partition coefficient (Wildman–Crippen LogP) is 0.247. The fourth-order valence-electron chi connectivity index (χ4n) is 1.63. The highest BCUT2D eigenvalue weighted by atomic mass is 16.5. The summed E-state index contributed by atoms with van der Waals surface area (Å²) in [4.78, 5) is 37.3. The van der Waals surface area contributed by atoms with Crippen LogP contribution in [0.3, 0.4) is 0 Å². The van der Waals surface area contributed by atoms with E-state index in [2.05, 4.69) is 20.8 Å². The van der Waals surface area contributed by atoms with E-state index in [9.17, 15) is 14.4 Å². The second-order valence-electron chi connectivity index (χ2n) is 4.70. The Labute approximate surface area is 121 Å². The Balaban J connectivity index is 2.20. The number of carbonyl (C=O) groups excluding carboxylic acids is 2. The van der Waals surface area contributed by atoms with Gasteiger partial charge in [0.2, 0.25) is 11.8 Å². The standard InChI is InChI=1S/C12H18N4O5/c1-7(6-11(18)19)5-9(17)15-12(20)13-4-3-10-14-8(2)16-21-10/h7H,3-6H2,1-2H3,(H,18,19)(H2,13,15,17,20). The molecule has 1 aromatic heterocycles. The van der Waals surface area contributed by atoms with Crippen LogP contribution in [0.1, 0.15) is 31.5 Å². The van der Waals surface area contributed by atoms with Crippen LogP contribution in [-0.2, 0) is 16.0 Å². The first kappa shape index (κ1) is 16.6. The number of rotatable bonds is 7. The highest BCUT2D eigenvalue weighted by molar-refractivity contribution is 5.94. The molecule has 116 valence electrons. The zero-order chi connectivity index (χ0) is 15.8. The number of nitrogens with one attached hydrogen (secondary N) is 2. The molecule has 0 radical (unpaired) electrons. The number of hydrogen-bond donors (Lipinski definition) is 3. The number of aliphatic carboxylic acids is 1. The van der Waals surface area contributed by atoms with Crippen LogP contribution in [0.5, 0.6) is 0 Å². The molecule has 0 aliphatic carbocycles. The molecule has 0 aliphatic rings. The molecular weight excluding hydrogens is 280 g/mol. The molecule has 0 spiro atoms. The van der Waals surface area contributed by atoms with Gasteiger partial charge in [-0.25, -0.2) is 4.79 Å². The minimum Gasteiger partial charge on any atom is -0.481 e. The molecule has 1 aromatic rings. The van der Waals surface area contributed by atoms with E-state index in [0.29, 0.717) is 18.1 Å². The largest absolute Gasteiger partial charge is 0.481 e. The van der Waals surface area contributed by atoms with Gasteiger partial charge in [0.15, 0.2) is 5.82 Å². The van der Waals surface area contributed by atoms with E-state index < -0.39 is 17.9 Å². The van der Waals surface area contributed by atoms with Crippen molar-refractivity contribution in [3.05, 3.63) is 11.7 Å².